The Kier molecular flexibility index (Phi) is 6.27. The molecular weight excluding hydrogens is 545 g/mol. The molecule has 0 spiro atoms. The maximum atomic E-state index is 15.5. The molecule has 8 aromatic rings. The predicted octanol–water partition coefficient (Wildman–Crippen LogP) is 10.2. The lowest BCUT2D eigenvalue weighted by Gasteiger charge is -2.11. The van der Waals surface area contributed by atoms with Crippen molar-refractivity contribution in [3.05, 3.63) is 151 Å². The van der Waals surface area contributed by atoms with Gasteiger partial charge in [0.15, 0.2) is 17.5 Å². The fraction of sp³-hybridized carbons (Fsp3) is 0. The SMILES string of the molecule is Fc1ccc(-c2cccc3c2oc2ccccc23)cc1-c1cccc(-c2nc(-c3ccccc3)nc(-c3ccccc3)n2)c1. The Balaban J connectivity index is 1.25. The van der Waals surface area contributed by atoms with E-state index >= 15 is 4.39 Å². The third kappa shape index (κ3) is 4.61. The summed E-state index contributed by atoms with van der Waals surface area (Å²) < 4.78 is 21.8. The molecule has 0 bridgehead atoms. The van der Waals surface area contributed by atoms with E-state index in [9.17, 15) is 0 Å². The predicted molar refractivity (Wildman–Crippen MR) is 174 cm³/mol. The highest BCUT2D eigenvalue weighted by molar-refractivity contribution is 6.09. The molecule has 0 saturated heterocycles. The molecule has 0 saturated carbocycles. The monoisotopic (exact) mass is 569 g/mol. The van der Waals surface area contributed by atoms with Gasteiger partial charge in [0.1, 0.15) is 17.0 Å². The van der Waals surface area contributed by atoms with Gasteiger partial charge in [0.2, 0.25) is 0 Å². The molecule has 44 heavy (non-hydrogen) atoms. The van der Waals surface area contributed by atoms with E-state index in [2.05, 4.69) is 12.1 Å². The molecule has 0 aliphatic carbocycles. The molecule has 0 aliphatic heterocycles. The van der Waals surface area contributed by atoms with Crippen molar-refractivity contribution in [3.63, 3.8) is 0 Å². The van der Waals surface area contributed by atoms with Crippen LogP contribution in [-0.4, -0.2) is 15.0 Å². The third-order valence-corrected chi connectivity index (χ3v) is 7.81. The molecular formula is C39H24FN3O. The minimum Gasteiger partial charge on any atom is -0.455 e. The van der Waals surface area contributed by atoms with Crippen LogP contribution in [0, 0.1) is 5.82 Å². The molecule has 0 aliphatic rings. The van der Waals surface area contributed by atoms with E-state index in [0.29, 0.717) is 23.0 Å². The molecule has 6 aromatic carbocycles. The fourth-order valence-corrected chi connectivity index (χ4v) is 5.65. The second-order valence-corrected chi connectivity index (χ2v) is 10.6. The highest BCUT2D eigenvalue weighted by Crippen LogP contribution is 2.38. The molecule has 0 fully saturated rings. The number of aromatic nitrogens is 3. The fourth-order valence-electron chi connectivity index (χ4n) is 5.65. The van der Waals surface area contributed by atoms with E-state index in [1.807, 2.05) is 121 Å². The molecule has 0 N–H and O–H groups in total. The molecule has 2 aromatic heterocycles. The van der Waals surface area contributed by atoms with E-state index in [1.54, 1.807) is 6.07 Å². The van der Waals surface area contributed by atoms with Gasteiger partial charge in [0.25, 0.3) is 0 Å². The first-order chi connectivity index (χ1) is 21.7. The second kappa shape index (κ2) is 10.7. The lowest BCUT2D eigenvalue weighted by Crippen LogP contribution is -2.00. The van der Waals surface area contributed by atoms with Crippen LogP contribution in [0.15, 0.2) is 150 Å². The molecule has 2 heterocycles. The first kappa shape index (κ1) is 25.7. The zero-order valence-electron chi connectivity index (χ0n) is 23.5. The van der Waals surface area contributed by atoms with Crippen LogP contribution in [-0.2, 0) is 0 Å². The zero-order valence-corrected chi connectivity index (χ0v) is 23.5. The molecule has 0 atom stereocenters. The largest absolute Gasteiger partial charge is 0.455 e. The van der Waals surface area contributed by atoms with Gasteiger partial charge in [-0.15, -0.1) is 0 Å². The van der Waals surface area contributed by atoms with Gasteiger partial charge in [0, 0.05) is 38.6 Å². The van der Waals surface area contributed by atoms with Crippen molar-refractivity contribution >= 4 is 21.9 Å². The first-order valence-corrected chi connectivity index (χ1v) is 14.4. The number of furan rings is 1. The van der Waals surface area contributed by atoms with Crippen molar-refractivity contribution in [2.45, 2.75) is 0 Å². The van der Waals surface area contributed by atoms with Gasteiger partial charge in [-0.2, -0.15) is 0 Å². The Hall–Kier alpha value is -5.94. The summed E-state index contributed by atoms with van der Waals surface area (Å²) in [5, 5.41) is 2.09. The van der Waals surface area contributed by atoms with Crippen LogP contribution in [0.3, 0.4) is 0 Å². The van der Waals surface area contributed by atoms with Crippen LogP contribution in [0.25, 0.3) is 78.4 Å². The van der Waals surface area contributed by atoms with Gasteiger partial charge in [0.05, 0.1) is 0 Å². The summed E-state index contributed by atoms with van der Waals surface area (Å²) >= 11 is 0. The van der Waals surface area contributed by atoms with Gasteiger partial charge in [-0.05, 0) is 35.4 Å². The molecule has 5 heteroatoms. The topological polar surface area (TPSA) is 51.8 Å². The maximum Gasteiger partial charge on any atom is 0.164 e. The van der Waals surface area contributed by atoms with Crippen LogP contribution in [0.4, 0.5) is 4.39 Å². The Morgan fingerprint density at radius 1 is 0.409 bits per heavy atom. The van der Waals surface area contributed by atoms with Crippen molar-refractivity contribution in [3.8, 4) is 56.4 Å². The number of halogens is 1. The van der Waals surface area contributed by atoms with Crippen LogP contribution in [0.1, 0.15) is 0 Å². The van der Waals surface area contributed by atoms with E-state index < -0.39 is 0 Å². The Labute approximate surface area is 253 Å². The van der Waals surface area contributed by atoms with E-state index in [1.165, 1.54) is 6.07 Å². The number of nitrogens with zero attached hydrogens (tertiary/aromatic N) is 3. The number of rotatable bonds is 5. The highest BCUT2D eigenvalue weighted by Gasteiger charge is 2.16. The quantitative estimate of drug-likeness (QED) is 0.207. The molecule has 208 valence electrons. The minimum absolute atomic E-state index is 0.312. The smallest absolute Gasteiger partial charge is 0.164 e. The second-order valence-electron chi connectivity index (χ2n) is 10.6. The standard InChI is InChI=1S/C39H24FN3O/c40-34-22-21-28(30-18-10-19-32-31-17-7-8-20-35(31)44-36(30)32)24-33(34)27-15-9-16-29(23-27)39-42-37(25-11-3-1-4-12-25)41-38(43-39)26-13-5-2-6-14-26/h1-24H. The summed E-state index contributed by atoms with van der Waals surface area (Å²) in [7, 11) is 0. The average Bonchev–Trinajstić information content (AvgIpc) is 3.48. The third-order valence-electron chi connectivity index (χ3n) is 7.81. The number of benzene rings is 6. The number of para-hydroxylation sites is 2. The van der Waals surface area contributed by atoms with E-state index in [0.717, 1.165) is 55.3 Å². The van der Waals surface area contributed by atoms with Crippen molar-refractivity contribution in [1.29, 1.82) is 0 Å². The average molecular weight is 570 g/mol. The highest BCUT2D eigenvalue weighted by atomic mass is 19.1. The Morgan fingerprint density at radius 2 is 0.955 bits per heavy atom. The van der Waals surface area contributed by atoms with Crippen molar-refractivity contribution < 1.29 is 8.81 Å². The molecule has 0 amide bonds. The summed E-state index contributed by atoms with van der Waals surface area (Å²) in [6.45, 7) is 0. The van der Waals surface area contributed by atoms with Crippen LogP contribution >= 0.6 is 0 Å². The lowest BCUT2D eigenvalue weighted by molar-refractivity contribution is 0.631. The van der Waals surface area contributed by atoms with Gasteiger partial charge >= 0.3 is 0 Å². The van der Waals surface area contributed by atoms with E-state index in [4.69, 9.17) is 19.4 Å². The van der Waals surface area contributed by atoms with Gasteiger partial charge in [-0.25, -0.2) is 19.3 Å². The van der Waals surface area contributed by atoms with Gasteiger partial charge in [-0.3, -0.25) is 0 Å². The lowest BCUT2D eigenvalue weighted by atomic mass is 9.96. The Morgan fingerprint density at radius 3 is 1.68 bits per heavy atom. The Bertz CT molecular complexity index is 2240. The molecule has 0 unspecified atom stereocenters. The number of fused-ring (bicyclic) bond motifs is 3. The van der Waals surface area contributed by atoms with E-state index in [-0.39, 0.29) is 5.82 Å². The summed E-state index contributed by atoms with van der Waals surface area (Å²) in [6.07, 6.45) is 0. The minimum atomic E-state index is -0.312. The molecule has 8 rings (SSSR count). The maximum absolute atomic E-state index is 15.5. The molecule has 4 nitrogen and oxygen atoms in total. The summed E-state index contributed by atoms with van der Waals surface area (Å²) in [5.41, 5.74) is 7.15. The van der Waals surface area contributed by atoms with Gasteiger partial charge in [-0.1, -0.05) is 121 Å². The van der Waals surface area contributed by atoms with Crippen molar-refractivity contribution in [1.82, 2.24) is 15.0 Å². The first-order valence-electron chi connectivity index (χ1n) is 14.4. The van der Waals surface area contributed by atoms with Gasteiger partial charge < -0.3 is 4.42 Å². The van der Waals surface area contributed by atoms with Crippen molar-refractivity contribution in [2.24, 2.45) is 0 Å². The molecule has 0 radical (unpaired) electrons. The normalized spacial score (nSPS) is 11.3. The summed E-state index contributed by atoms with van der Waals surface area (Å²) in [5.74, 6) is 1.36. The number of hydrogen-bond acceptors (Lipinski definition) is 4. The van der Waals surface area contributed by atoms with Crippen LogP contribution in [0.5, 0.6) is 0 Å². The van der Waals surface area contributed by atoms with Crippen LogP contribution in [0.2, 0.25) is 0 Å². The van der Waals surface area contributed by atoms with Crippen LogP contribution < -0.4 is 0 Å². The van der Waals surface area contributed by atoms with Crippen molar-refractivity contribution in [2.75, 3.05) is 0 Å². The number of hydrogen-bond donors (Lipinski definition) is 0. The summed E-state index contributed by atoms with van der Waals surface area (Å²) in [6, 6.07) is 46.7. The zero-order chi connectivity index (χ0) is 29.5. The summed E-state index contributed by atoms with van der Waals surface area (Å²) in [4.78, 5) is 14.5.